The minimum atomic E-state index is -1.58. The van der Waals surface area contributed by atoms with Gasteiger partial charge in [0.1, 0.15) is 48.5 Å². The molecule has 0 aliphatic carbocycles. The fourth-order valence-electron chi connectivity index (χ4n) is 5.80. The topological polar surface area (TPSA) is 319 Å². The van der Waals surface area contributed by atoms with Crippen LogP contribution in [-0.2, 0) is 28.7 Å². The van der Waals surface area contributed by atoms with Crippen LogP contribution in [-0.4, -0.2) is 179 Å². The molecule has 3 fully saturated rings. The zero-order valence-electron chi connectivity index (χ0n) is 29.5. The van der Waals surface area contributed by atoms with E-state index < -0.39 is 78.8 Å². The molecule has 3 aliphatic heterocycles. The van der Waals surface area contributed by atoms with Crippen molar-refractivity contribution in [2.75, 3.05) is 48.5 Å². The van der Waals surface area contributed by atoms with Crippen LogP contribution in [0.4, 0.5) is 4.79 Å². The van der Waals surface area contributed by atoms with Crippen LogP contribution < -0.4 is 32.3 Å². The van der Waals surface area contributed by atoms with Crippen molar-refractivity contribution in [1.82, 2.24) is 26.6 Å². The van der Waals surface area contributed by atoms with Crippen LogP contribution >= 0.6 is 47.0 Å². The number of aliphatic hydroxyl groups is 4. The van der Waals surface area contributed by atoms with E-state index >= 15 is 0 Å². The van der Waals surface area contributed by atoms with E-state index in [9.17, 15) is 49.2 Å². The number of rotatable bonds is 25. The first-order chi connectivity index (χ1) is 25.7. The number of amides is 5. The molecule has 11 atom stereocenters. The van der Waals surface area contributed by atoms with Crippen LogP contribution in [0.1, 0.15) is 38.5 Å². The number of hydrogen-bond donors (Lipinski definition) is 12. The van der Waals surface area contributed by atoms with Gasteiger partial charge in [0, 0.05) is 58.7 Å². The lowest BCUT2D eigenvalue weighted by atomic mass is 10.0. The number of carboxylic acids is 2. The second-order valence-electron chi connectivity index (χ2n) is 13.0. The molecule has 1 unspecified atom stereocenters. The van der Waals surface area contributed by atoms with Gasteiger partial charge in [-0.15, -0.1) is 11.8 Å². The van der Waals surface area contributed by atoms with Crippen molar-refractivity contribution in [3.05, 3.63) is 0 Å². The van der Waals surface area contributed by atoms with Gasteiger partial charge in [-0.1, -0.05) is 6.42 Å². The first-order valence-corrected chi connectivity index (χ1v) is 21.8. The molecular formula is C31H52N6O13S4. The van der Waals surface area contributed by atoms with Gasteiger partial charge in [-0.2, -0.15) is 35.3 Å². The number of carboxylic acid groups (broad SMARTS) is 2. The largest absolute Gasteiger partial charge is 0.480 e. The van der Waals surface area contributed by atoms with E-state index in [4.69, 9.17) is 20.7 Å². The number of nitrogens with two attached hydrogens (primary N) is 1. The van der Waals surface area contributed by atoms with Crippen molar-refractivity contribution >= 4 is 82.7 Å². The number of carbonyl (C=O) groups excluding carboxylic acids is 4. The standard InChI is InChI=1S/C31H52N6O13S4/c32-16(29(47)48)5-6-22(40)35-18(28(46)34-9-23(41)42)13-52-12-15(54-30-27(45)26(44)25(43)19(10-38)50-30)11-51-8-7-33-21(39)4-2-1-3-20-24-17(14-53-20)36-31(49)37-24/h15-20,24-27,30,38,43-45H,1-14,32H2,(H,33,39)(H,34,46)(H,35,40)(H,41,42)(H,47,48)(H2,36,37,49)/t15?,16-,17-,18-,19+,20-,24-,25+,26-,27+,30-/m0/s1. The third-order valence-corrected chi connectivity index (χ3v) is 14.4. The highest BCUT2D eigenvalue weighted by atomic mass is 32.2. The Labute approximate surface area is 329 Å². The molecule has 308 valence electrons. The SMILES string of the molecule is N[C@@H](CCC(=O)N[C@@H](CSCC(CSCCNC(=O)CCCC[C@@H]1SC[C@@H]2NC(=O)N[C@@H]21)S[C@@H]1O[C@H](CO)[C@@H](O)[C@H](O)[C@H]1O)C(=O)NCC(=O)O)C(=O)O. The van der Waals surface area contributed by atoms with E-state index in [1.807, 2.05) is 11.8 Å². The van der Waals surface area contributed by atoms with Crippen molar-refractivity contribution in [1.29, 1.82) is 0 Å². The van der Waals surface area contributed by atoms with Crippen molar-refractivity contribution in [2.45, 2.75) is 103 Å². The zero-order valence-corrected chi connectivity index (χ0v) is 32.8. The number of aliphatic carboxylic acids is 2. The molecule has 0 aromatic rings. The Morgan fingerprint density at radius 1 is 0.944 bits per heavy atom. The minimum Gasteiger partial charge on any atom is -0.480 e. The summed E-state index contributed by atoms with van der Waals surface area (Å²) in [6.07, 6.45) is -3.33. The number of unbranched alkanes of at least 4 members (excludes halogenated alkanes) is 1. The van der Waals surface area contributed by atoms with Crippen molar-refractivity contribution in [2.24, 2.45) is 5.73 Å². The highest BCUT2D eigenvalue weighted by Gasteiger charge is 2.45. The Bertz CT molecular complexity index is 1280. The van der Waals surface area contributed by atoms with Gasteiger partial charge in [0.15, 0.2) is 0 Å². The maximum absolute atomic E-state index is 12.8. The van der Waals surface area contributed by atoms with E-state index in [1.54, 1.807) is 0 Å². The van der Waals surface area contributed by atoms with Gasteiger partial charge in [0.2, 0.25) is 17.7 Å². The predicted octanol–water partition coefficient (Wildman–Crippen LogP) is -2.93. The lowest BCUT2D eigenvalue weighted by molar-refractivity contribution is -0.205. The van der Waals surface area contributed by atoms with E-state index in [0.717, 1.165) is 36.8 Å². The number of nitrogens with one attached hydrogen (secondary N) is 5. The van der Waals surface area contributed by atoms with E-state index in [2.05, 4.69) is 26.6 Å². The fraction of sp³-hybridized carbons (Fsp3) is 0.806. The van der Waals surface area contributed by atoms with Gasteiger partial charge in [-0.05, 0) is 19.3 Å². The third kappa shape index (κ3) is 15.4. The lowest BCUT2D eigenvalue weighted by Gasteiger charge is -2.40. The molecule has 0 spiro atoms. The number of ether oxygens (including phenoxy) is 1. The quantitative estimate of drug-likeness (QED) is 0.0323. The molecule has 0 radical (unpaired) electrons. The molecule has 3 aliphatic rings. The van der Waals surface area contributed by atoms with Gasteiger partial charge >= 0.3 is 18.0 Å². The normalized spacial score (nSPS) is 27.8. The van der Waals surface area contributed by atoms with Crippen LogP contribution in [0.2, 0.25) is 0 Å². The van der Waals surface area contributed by atoms with Gasteiger partial charge in [-0.25, -0.2) is 4.79 Å². The predicted molar refractivity (Wildman–Crippen MR) is 204 cm³/mol. The van der Waals surface area contributed by atoms with Crippen LogP contribution in [0.3, 0.4) is 0 Å². The number of fused-ring (bicyclic) bond motifs is 1. The van der Waals surface area contributed by atoms with Crippen LogP contribution in [0.5, 0.6) is 0 Å². The number of urea groups is 1. The van der Waals surface area contributed by atoms with Crippen molar-refractivity contribution in [3.8, 4) is 0 Å². The molecule has 0 bridgehead atoms. The van der Waals surface area contributed by atoms with Crippen molar-refractivity contribution in [3.63, 3.8) is 0 Å². The lowest BCUT2D eigenvalue weighted by Crippen LogP contribution is -2.57. The smallest absolute Gasteiger partial charge is 0.322 e. The van der Waals surface area contributed by atoms with Gasteiger partial charge in [0.25, 0.3) is 0 Å². The van der Waals surface area contributed by atoms with Gasteiger partial charge < -0.3 is 67.7 Å². The molecule has 0 aromatic heterocycles. The summed E-state index contributed by atoms with van der Waals surface area (Å²) in [6.45, 7) is -0.907. The number of carbonyl (C=O) groups is 6. The average molecular weight is 845 g/mol. The average Bonchev–Trinajstić information content (AvgIpc) is 3.69. The monoisotopic (exact) mass is 844 g/mol. The third-order valence-electron chi connectivity index (χ3n) is 8.78. The summed E-state index contributed by atoms with van der Waals surface area (Å²) in [5.41, 5.74) is 4.43. The Hall–Kier alpha value is -2.22. The second kappa shape index (κ2) is 23.8. The Morgan fingerprint density at radius 3 is 2.39 bits per heavy atom. The molecule has 3 rings (SSSR count). The maximum Gasteiger partial charge on any atom is 0.322 e. The summed E-state index contributed by atoms with van der Waals surface area (Å²) >= 11 is 5.69. The zero-order chi connectivity index (χ0) is 39.8. The number of hydrogen-bond acceptors (Lipinski definition) is 16. The Morgan fingerprint density at radius 2 is 1.69 bits per heavy atom. The summed E-state index contributed by atoms with van der Waals surface area (Å²) in [5, 5.41) is 72.3. The van der Waals surface area contributed by atoms with Gasteiger partial charge in [-0.3, -0.25) is 24.0 Å². The molecule has 0 saturated carbocycles. The highest BCUT2D eigenvalue weighted by Crippen LogP contribution is 2.34. The molecule has 54 heavy (non-hydrogen) atoms. The van der Waals surface area contributed by atoms with Crippen molar-refractivity contribution < 1.29 is 64.1 Å². The number of aliphatic hydroxyl groups excluding tert-OH is 4. The molecule has 5 amide bonds. The van der Waals surface area contributed by atoms with E-state index in [0.29, 0.717) is 35.5 Å². The molecule has 13 N–H and O–H groups in total. The van der Waals surface area contributed by atoms with E-state index in [1.165, 1.54) is 23.5 Å². The van der Waals surface area contributed by atoms with Crippen LogP contribution in [0, 0.1) is 0 Å². The Balaban J connectivity index is 1.49. The summed E-state index contributed by atoms with van der Waals surface area (Å²) in [5.74, 6) is -1.94. The molecule has 0 aromatic carbocycles. The molecular weight excluding hydrogens is 793 g/mol. The summed E-state index contributed by atoms with van der Waals surface area (Å²) < 4.78 is 5.69. The first-order valence-electron chi connectivity index (χ1n) is 17.5. The minimum absolute atomic E-state index is 0.0131. The van der Waals surface area contributed by atoms with Gasteiger partial charge in [0.05, 0.1) is 18.7 Å². The maximum atomic E-state index is 12.8. The number of thioether (sulfide) groups is 4. The first kappa shape index (κ1) is 46.2. The van der Waals surface area contributed by atoms with Crippen LogP contribution in [0.15, 0.2) is 0 Å². The molecule has 3 saturated heterocycles. The Kier molecular flexibility index (Phi) is 20.3. The van der Waals surface area contributed by atoms with Crippen LogP contribution in [0.25, 0.3) is 0 Å². The fourth-order valence-corrected chi connectivity index (χ4v) is 11.4. The second-order valence-corrected chi connectivity index (χ2v) is 17.9. The summed E-state index contributed by atoms with van der Waals surface area (Å²) in [4.78, 5) is 71.4. The molecule has 3 heterocycles. The molecule has 23 heteroatoms. The van der Waals surface area contributed by atoms with E-state index in [-0.39, 0.29) is 47.9 Å². The highest BCUT2D eigenvalue weighted by molar-refractivity contribution is 8.05. The molecule has 19 nitrogen and oxygen atoms in total. The summed E-state index contributed by atoms with van der Waals surface area (Å²) in [7, 11) is 0. The summed E-state index contributed by atoms with van der Waals surface area (Å²) in [6, 6.07) is -2.31.